The third kappa shape index (κ3) is 3.38. The van der Waals surface area contributed by atoms with Crippen LogP contribution in [0.15, 0.2) is 18.2 Å². The molecule has 5 nitrogen and oxygen atoms in total. The first kappa shape index (κ1) is 13.7. The second kappa shape index (κ2) is 5.93. The van der Waals surface area contributed by atoms with Gasteiger partial charge in [-0.25, -0.2) is 0 Å². The van der Waals surface area contributed by atoms with E-state index in [0.29, 0.717) is 29.5 Å². The molecule has 0 heterocycles. The van der Waals surface area contributed by atoms with Crippen molar-refractivity contribution in [2.45, 2.75) is 25.9 Å². The highest BCUT2D eigenvalue weighted by Gasteiger charge is 2.30. The zero-order valence-corrected chi connectivity index (χ0v) is 11.1. The number of benzene rings is 1. The average molecular weight is 264 g/mol. The molecule has 1 aromatic carbocycles. The molecule has 0 radical (unpaired) electrons. The molecule has 0 aliphatic heterocycles. The molecule has 5 heteroatoms. The molecule has 1 fully saturated rings. The Bertz CT molecular complexity index is 458. The molecule has 0 spiro atoms. The highest BCUT2D eigenvalue weighted by atomic mass is 16.5. The number of ether oxygens (including phenoxy) is 1. The summed E-state index contributed by atoms with van der Waals surface area (Å²) in [6.07, 6.45) is 1.62. The van der Waals surface area contributed by atoms with Crippen molar-refractivity contribution in [2.75, 3.05) is 18.9 Å². The summed E-state index contributed by atoms with van der Waals surface area (Å²) < 4.78 is 5.41. The van der Waals surface area contributed by atoms with E-state index in [1.54, 1.807) is 18.2 Å². The normalized spacial score (nSPS) is 15.9. The van der Waals surface area contributed by atoms with Crippen molar-refractivity contribution < 1.29 is 14.6 Å². The van der Waals surface area contributed by atoms with Gasteiger partial charge in [0.05, 0.1) is 24.0 Å². The summed E-state index contributed by atoms with van der Waals surface area (Å²) in [6.45, 7) is 2.55. The van der Waals surface area contributed by atoms with Gasteiger partial charge in [0.1, 0.15) is 0 Å². The number of para-hydroxylation sites is 1. The predicted octanol–water partition coefficient (Wildman–Crippen LogP) is 1.17. The molecule has 104 valence electrons. The Hall–Kier alpha value is -1.75. The third-order valence-electron chi connectivity index (χ3n) is 3.22. The van der Waals surface area contributed by atoms with Gasteiger partial charge < -0.3 is 20.9 Å². The van der Waals surface area contributed by atoms with E-state index in [-0.39, 0.29) is 12.5 Å². The number of carbonyl (C=O) groups is 1. The number of nitrogens with two attached hydrogens (primary N) is 1. The number of nitrogens with one attached hydrogen (secondary N) is 1. The lowest BCUT2D eigenvalue weighted by Crippen LogP contribution is -2.33. The summed E-state index contributed by atoms with van der Waals surface area (Å²) in [5.41, 5.74) is 6.65. The fourth-order valence-corrected chi connectivity index (χ4v) is 1.98. The zero-order chi connectivity index (χ0) is 13.8. The molecular formula is C14H20N2O3. The van der Waals surface area contributed by atoms with Gasteiger partial charge in [-0.15, -0.1) is 0 Å². The number of nitrogen functional groups attached to an aromatic ring is 1. The van der Waals surface area contributed by atoms with Crippen LogP contribution in [0, 0.1) is 5.92 Å². The van der Waals surface area contributed by atoms with Crippen LogP contribution in [-0.2, 0) is 0 Å². The number of rotatable bonds is 6. The first-order chi connectivity index (χ1) is 9.13. The van der Waals surface area contributed by atoms with Gasteiger partial charge in [-0.1, -0.05) is 6.07 Å². The quantitative estimate of drug-likeness (QED) is 0.673. The topological polar surface area (TPSA) is 84.6 Å². The minimum absolute atomic E-state index is 0.268. The maximum atomic E-state index is 12.1. The van der Waals surface area contributed by atoms with Crippen LogP contribution in [0.25, 0.3) is 0 Å². The summed E-state index contributed by atoms with van der Waals surface area (Å²) in [5.74, 6) is 0.478. The van der Waals surface area contributed by atoms with Crippen LogP contribution in [-0.4, -0.2) is 30.3 Å². The molecule has 1 aliphatic rings. The minimum atomic E-state index is -0.458. The summed E-state index contributed by atoms with van der Waals surface area (Å²) in [4.78, 5) is 12.1. The molecule has 19 heavy (non-hydrogen) atoms. The van der Waals surface area contributed by atoms with E-state index >= 15 is 0 Å². The number of carbonyl (C=O) groups excluding carboxylic acids is 1. The van der Waals surface area contributed by atoms with E-state index < -0.39 is 6.10 Å². The first-order valence-corrected chi connectivity index (χ1v) is 6.61. The van der Waals surface area contributed by atoms with Gasteiger partial charge in [0.2, 0.25) is 0 Å². The smallest absolute Gasteiger partial charge is 0.255 e. The highest BCUT2D eigenvalue weighted by Crippen LogP contribution is 2.32. The largest absolute Gasteiger partial charge is 0.491 e. The van der Waals surface area contributed by atoms with Crippen LogP contribution in [0.1, 0.15) is 30.1 Å². The van der Waals surface area contributed by atoms with Crippen LogP contribution in [0.4, 0.5) is 5.69 Å². The monoisotopic (exact) mass is 264 g/mol. The average Bonchev–Trinajstić information content (AvgIpc) is 3.22. The molecule has 0 bridgehead atoms. The van der Waals surface area contributed by atoms with Crippen LogP contribution >= 0.6 is 0 Å². The van der Waals surface area contributed by atoms with E-state index in [1.807, 2.05) is 6.92 Å². The molecule has 1 amide bonds. The van der Waals surface area contributed by atoms with Crippen LogP contribution in [0.3, 0.4) is 0 Å². The van der Waals surface area contributed by atoms with Crippen LogP contribution in [0.2, 0.25) is 0 Å². The Labute approximate surface area is 112 Å². The summed E-state index contributed by atoms with van der Waals surface area (Å²) in [5, 5.41) is 12.5. The highest BCUT2D eigenvalue weighted by molar-refractivity contribution is 5.98. The summed E-state index contributed by atoms with van der Waals surface area (Å²) in [7, 11) is 0. The molecule has 0 saturated heterocycles. The fourth-order valence-electron chi connectivity index (χ4n) is 1.98. The standard InChI is InChI=1S/C14H20N2O3/c1-2-19-13-10(4-3-5-11(13)15)14(18)16-8-12(17)9-6-7-9/h3-5,9,12,17H,2,6-8,15H2,1H3,(H,16,18). The maximum Gasteiger partial charge on any atom is 0.255 e. The lowest BCUT2D eigenvalue weighted by molar-refractivity contribution is 0.0897. The van der Waals surface area contributed by atoms with Crippen molar-refractivity contribution in [3.63, 3.8) is 0 Å². The molecule has 1 aromatic rings. The van der Waals surface area contributed by atoms with Gasteiger partial charge in [-0.2, -0.15) is 0 Å². The van der Waals surface area contributed by atoms with Gasteiger partial charge >= 0.3 is 0 Å². The van der Waals surface area contributed by atoms with Gasteiger partial charge in [-0.05, 0) is 37.8 Å². The van der Waals surface area contributed by atoms with Gasteiger partial charge in [0.25, 0.3) is 5.91 Å². The number of hydrogen-bond donors (Lipinski definition) is 3. The van der Waals surface area contributed by atoms with Crippen LogP contribution < -0.4 is 15.8 Å². The lowest BCUT2D eigenvalue weighted by atomic mass is 10.1. The number of anilines is 1. The van der Waals surface area contributed by atoms with Gasteiger partial charge in [-0.3, -0.25) is 4.79 Å². The number of aliphatic hydroxyl groups is 1. The molecule has 1 unspecified atom stereocenters. The summed E-state index contributed by atoms with van der Waals surface area (Å²) >= 11 is 0. The van der Waals surface area contributed by atoms with E-state index in [4.69, 9.17) is 10.5 Å². The predicted molar refractivity (Wildman–Crippen MR) is 73.1 cm³/mol. The minimum Gasteiger partial charge on any atom is -0.491 e. The van der Waals surface area contributed by atoms with E-state index in [9.17, 15) is 9.90 Å². The Kier molecular flexibility index (Phi) is 4.27. The SMILES string of the molecule is CCOc1c(N)cccc1C(=O)NCC(O)C1CC1. The van der Waals surface area contributed by atoms with Gasteiger partial charge in [0, 0.05) is 6.54 Å². The van der Waals surface area contributed by atoms with E-state index in [0.717, 1.165) is 12.8 Å². The molecule has 0 aromatic heterocycles. The van der Waals surface area contributed by atoms with Gasteiger partial charge in [0.15, 0.2) is 5.75 Å². The van der Waals surface area contributed by atoms with Crippen molar-refractivity contribution >= 4 is 11.6 Å². The Morgan fingerprint density at radius 3 is 2.95 bits per heavy atom. The van der Waals surface area contributed by atoms with E-state index in [2.05, 4.69) is 5.32 Å². The second-order valence-electron chi connectivity index (χ2n) is 4.77. The van der Waals surface area contributed by atoms with Crippen molar-refractivity contribution in [2.24, 2.45) is 5.92 Å². The second-order valence-corrected chi connectivity index (χ2v) is 4.77. The molecule has 1 aliphatic carbocycles. The Balaban J connectivity index is 2.03. The molecular weight excluding hydrogens is 244 g/mol. The molecule has 1 saturated carbocycles. The lowest BCUT2D eigenvalue weighted by Gasteiger charge is -2.14. The molecule has 1 atom stereocenters. The first-order valence-electron chi connectivity index (χ1n) is 6.61. The zero-order valence-electron chi connectivity index (χ0n) is 11.1. The molecule has 2 rings (SSSR count). The van der Waals surface area contributed by atoms with E-state index in [1.165, 1.54) is 0 Å². The Morgan fingerprint density at radius 1 is 1.58 bits per heavy atom. The number of hydrogen-bond acceptors (Lipinski definition) is 4. The third-order valence-corrected chi connectivity index (χ3v) is 3.22. The van der Waals surface area contributed by atoms with Crippen molar-refractivity contribution in [3.8, 4) is 5.75 Å². The van der Waals surface area contributed by atoms with Crippen molar-refractivity contribution in [1.29, 1.82) is 0 Å². The molecule has 4 N–H and O–H groups in total. The Morgan fingerprint density at radius 2 is 2.32 bits per heavy atom. The number of aliphatic hydroxyl groups excluding tert-OH is 1. The van der Waals surface area contributed by atoms with Crippen molar-refractivity contribution in [3.05, 3.63) is 23.8 Å². The number of amides is 1. The fraction of sp³-hybridized carbons (Fsp3) is 0.500. The maximum absolute atomic E-state index is 12.1. The van der Waals surface area contributed by atoms with Crippen LogP contribution in [0.5, 0.6) is 5.75 Å². The summed E-state index contributed by atoms with van der Waals surface area (Å²) in [6, 6.07) is 5.07. The van der Waals surface area contributed by atoms with Crippen molar-refractivity contribution in [1.82, 2.24) is 5.32 Å².